The van der Waals surface area contributed by atoms with Crippen LogP contribution in [0.5, 0.6) is 0 Å². The van der Waals surface area contributed by atoms with E-state index in [0.717, 1.165) is 12.0 Å². The van der Waals surface area contributed by atoms with Gasteiger partial charge < -0.3 is 5.73 Å². The maximum Gasteiger partial charge on any atom is 0.127 e. The molecule has 0 amide bonds. The topological polar surface area (TPSA) is 29.3 Å². The largest absolute Gasteiger partial charge is 0.329 e. The van der Waals surface area contributed by atoms with Crippen molar-refractivity contribution in [3.8, 4) is 0 Å². The van der Waals surface area contributed by atoms with Gasteiger partial charge in [0.05, 0.1) is 0 Å². The van der Waals surface area contributed by atoms with E-state index in [0.29, 0.717) is 18.5 Å². The second-order valence-corrected chi connectivity index (χ2v) is 5.38. The van der Waals surface area contributed by atoms with E-state index in [-0.39, 0.29) is 11.9 Å². The van der Waals surface area contributed by atoms with E-state index in [4.69, 9.17) is 5.73 Å². The molecule has 0 spiro atoms. The average Bonchev–Trinajstić information content (AvgIpc) is 2.34. The number of nitrogens with zero attached hydrogens (tertiary/aromatic N) is 1. The molecule has 102 valence electrons. The van der Waals surface area contributed by atoms with Gasteiger partial charge in [0.15, 0.2) is 0 Å². The molecule has 1 rings (SSSR count). The Kier molecular flexibility index (Phi) is 5.76. The van der Waals surface area contributed by atoms with Crippen molar-refractivity contribution >= 4 is 0 Å². The van der Waals surface area contributed by atoms with Gasteiger partial charge in [0.25, 0.3) is 0 Å². The molecule has 1 aromatic carbocycles. The molecule has 0 saturated heterocycles. The van der Waals surface area contributed by atoms with Crippen LogP contribution < -0.4 is 5.73 Å². The minimum atomic E-state index is -0.142. The van der Waals surface area contributed by atoms with Gasteiger partial charge in [-0.1, -0.05) is 32.0 Å². The first-order valence-electron chi connectivity index (χ1n) is 6.63. The summed E-state index contributed by atoms with van der Waals surface area (Å²) in [5.41, 5.74) is 6.58. The third kappa shape index (κ3) is 3.79. The molecule has 0 bridgehead atoms. The summed E-state index contributed by atoms with van der Waals surface area (Å²) in [6, 6.07) is 7.29. The predicted octanol–water partition coefficient (Wildman–Crippen LogP) is 3.19. The van der Waals surface area contributed by atoms with Crippen LogP contribution in [0.25, 0.3) is 0 Å². The van der Waals surface area contributed by atoms with Crippen molar-refractivity contribution in [2.24, 2.45) is 11.7 Å². The Bertz CT molecular complexity index is 365. The zero-order valence-electron chi connectivity index (χ0n) is 11.9. The second kappa shape index (κ2) is 6.86. The molecule has 2 N–H and O–H groups in total. The van der Waals surface area contributed by atoms with Gasteiger partial charge in [-0.25, -0.2) is 4.39 Å². The fraction of sp³-hybridized carbons (Fsp3) is 0.600. The lowest BCUT2D eigenvalue weighted by Crippen LogP contribution is -2.40. The summed E-state index contributed by atoms with van der Waals surface area (Å²) < 4.78 is 13.8. The molecule has 0 aliphatic rings. The number of rotatable bonds is 6. The van der Waals surface area contributed by atoms with E-state index in [1.807, 2.05) is 26.1 Å². The van der Waals surface area contributed by atoms with Crippen LogP contribution >= 0.6 is 0 Å². The Morgan fingerprint density at radius 3 is 2.33 bits per heavy atom. The number of likely N-dealkylation sites (N-methyl/N-ethyl adjacent to an activating group) is 1. The molecule has 0 fully saturated rings. The summed E-state index contributed by atoms with van der Waals surface area (Å²) >= 11 is 0. The average molecular weight is 252 g/mol. The molecule has 2 atom stereocenters. The van der Waals surface area contributed by atoms with E-state index < -0.39 is 0 Å². The highest BCUT2D eigenvalue weighted by atomic mass is 19.1. The van der Waals surface area contributed by atoms with Crippen LogP contribution in [0.3, 0.4) is 0 Å². The smallest absolute Gasteiger partial charge is 0.127 e. The number of hydrogen-bond donors (Lipinski definition) is 1. The van der Waals surface area contributed by atoms with Crippen LogP contribution in [0.2, 0.25) is 0 Å². The van der Waals surface area contributed by atoms with Gasteiger partial charge >= 0.3 is 0 Å². The minimum absolute atomic E-state index is 0.0403. The number of nitrogens with two attached hydrogens (primary N) is 1. The molecule has 1 aromatic rings. The molecule has 0 saturated carbocycles. The second-order valence-electron chi connectivity index (χ2n) is 5.38. The van der Waals surface area contributed by atoms with Gasteiger partial charge in [-0.3, -0.25) is 4.90 Å². The monoisotopic (exact) mass is 252 g/mol. The van der Waals surface area contributed by atoms with E-state index in [1.165, 1.54) is 6.07 Å². The van der Waals surface area contributed by atoms with Crippen LogP contribution in [0, 0.1) is 11.7 Å². The zero-order chi connectivity index (χ0) is 13.7. The Morgan fingerprint density at radius 2 is 1.83 bits per heavy atom. The van der Waals surface area contributed by atoms with Crippen LogP contribution in [0.1, 0.15) is 38.8 Å². The predicted molar refractivity (Wildman–Crippen MR) is 74.9 cm³/mol. The van der Waals surface area contributed by atoms with Crippen LogP contribution in [-0.4, -0.2) is 24.5 Å². The Morgan fingerprint density at radius 1 is 1.22 bits per heavy atom. The van der Waals surface area contributed by atoms with Crippen molar-refractivity contribution in [2.45, 2.75) is 39.3 Å². The Balaban J connectivity index is 2.82. The van der Waals surface area contributed by atoms with Gasteiger partial charge in [0.1, 0.15) is 5.82 Å². The van der Waals surface area contributed by atoms with Crippen LogP contribution in [-0.2, 0) is 0 Å². The molecule has 0 radical (unpaired) electrons. The molecule has 2 unspecified atom stereocenters. The zero-order valence-corrected chi connectivity index (χ0v) is 11.9. The molecule has 0 aromatic heterocycles. The lowest BCUT2D eigenvalue weighted by molar-refractivity contribution is 0.165. The molecule has 2 nitrogen and oxygen atoms in total. The van der Waals surface area contributed by atoms with Crippen molar-refractivity contribution in [1.82, 2.24) is 4.90 Å². The summed E-state index contributed by atoms with van der Waals surface area (Å²) in [6.45, 7) is 7.00. The quantitative estimate of drug-likeness (QED) is 0.842. The van der Waals surface area contributed by atoms with Gasteiger partial charge in [0, 0.05) is 24.2 Å². The molecule has 3 heteroatoms. The Labute approximate surface area is 110 Å². The van der Waals surface area contributed by atoms with Crippen molar-refractivity contribution in [3.05, 3.63) is 35.6 Å². The lowest BCUT2D eigenvalue weighted by Gasteiger charge is -2.33. The highest BCUT2D eigenvalue weighted by molar-refractivity contribution is 5.20. The van der Waals surface area contributed by atoms with Gasteiger partial charge in [-0.2, -0.15) is 0 Å². The van der Waals surface area contributed by atoms with Gasteiger partial charge in [-0.05, 0) is 32.4 Å². The highest BCUT2D eigenvalue weighted by Gasteiger charge is 2.22. The van der Waals surface area contributed by atoms with Gasteiger partial charge in [0.2, 0.25) is 0 Å². The molecule has 0 heterocycles. The summed E-state index contributed by atoms with van der Waals surface area (Å²) in [7, 11) is 2.02. The first-order valence-corrected chi connectivity index (χ1v) is 6.63. The Hall–Kier alpha value is -0.930. The van der Waals surface area contributed by atoms with Crippen molar-refractivity contribution < 1.29 is 4.39 Å². The fourth-order valence-electron chi connectivity index (χ4n) is 2.32. The van der Waals surface area contributed by atoms with E-state index in [1.54, 1.807) is 6.07 Å². The highest BCUT2D eigenvalue weighted by Crippen LogP contribution is 2.25. The summed E-state index contributed by atoms with van der Waals surface area (Å²) in [5, 5.41) is 0. The maximum absolute atomic E-state index is 13.8. The van der Waals surface area contributed by atoms with Crippen LogP contribution in [0.15, 0.2) is 24.3 Å². The first kappa shape index (κ1) is 15.1. The van der Waals surface area contributed by atoms with Gasteiger partial charge in [-0.15, -0.1) is 0 Å². The first-order chi connectivity index (χ1) is 8.47. The molecular weight excluding hydrogens is 227 g/mol. The third-order valence-corrected chi connectivity index (χ3v) is 3.56. The van der Waals surface area contributed by atoms with Crippen molar-refractivity contribution in [3.63, 3.8) is 0 Å². The lowest BCUT2D eigenvalue weighted by atomic mass is 9.99. The van der Waals surface area contributed by atoms with E-state index >= 15 is 0 Å². The molecule has 0 aliphatic heterocycles. The summed E-state index contributed by atoms with van der Waals surface area (Å²) in [4.78, 5) is 2.18. The normalized spacial score (nSPS) is 15.1. The van der Waals surface area contributed by atoms with Crippen molar-refractivity contribution in [2.75, 3.05) is 13.6 Å². The number of benzene rings is 1. The standard InChI is InChI=1S/C15H25FN2/c1-11(2)9-13(10-17)18(4)12(3)14-7-5-6-8-15(14)16/h5-8,11-13H,9-10,17H2,1-4H3. The minimum Gasteiger partial charge on any atom is -0.329 e. The van der Waals surface area contributed by atoms with Crippen molar-refractivity contribution in [1.29, 1.82) is 0 Å². The third-order valence-electron chi connectivity index (χ3n) is 3.56. The van der Waals surface area contributed by atoms with E-state index in [9.17, 15) is 4.39 Å². The SMILES string of the molecule is CC(C)CC(CN)N(C)C(C)c1ccccc1F. The van der Waals surface area contributed by atoms with E-state index in [2.05, 4.69) is 18.7 Å². The fourth-order valence-corrected chi connectivity index (χ4v) is 2.32. The molecule has 18 heavy (non-hydrogen) atoms. The number of halogens is 1. The molecule has 0 aliphatic carbocycles. The number of hydrogen-bond acceptors (Lipinski definition) is 2. The maximum atomic E-state index is 13.8. The van der Waals surface area contributed by atoms with Crippen LogP contribution in [0.4, 0.5) is 4.39 Å². The molecular formula is C15H25FN2. The summed E-state index contributed by atoms with van der Waals surface area (Å²) in [6.07, 6.45) is 1.03. The summed E-state index contributed by atoms with van der Waals surface area (Å²) in [5.74, 6) is 0.450.